The van der Waals surface area contributed by atoms with Crippen molar-refractivity contribution < 1.29 is 9.53 Å². The first-order valence-corrected chi connectivity index (χ1v) is 8.20. The zero-order valence-corrected chi connectivity index (χ0v) is 14.4. The smallest absolute Gasteiger partial charge is 0.337 e. The van der Waals surface area contributed by atoms with E-state index in [1.54, 1.807) is 0 Å². The van der Waals surface area contributed by atoms with Crippen LogP contribution in [0.1, 0.15) is 24.1 Å². The number of rotatable bonds is 2. The van der Waals surface area contributed by atoms with Gasteiger partial charge in [-0.25, -0.2) is 9.78 Å². The van der Waals surface area contributed by atoms with Crippen molar-refractivity contribution in [3.63, 3.8) is 0 Å². The number of nitrogens with zero attached hydrogens (tertiary/aromatic N) is 2. The average molecular weight is 333 g/mol. The summed E-state index contributed by atoms with van der Waals surface area (Å²) in [7, 11) is 1.42. The standard InChI is InChI=1S/C20H19N3O2/c1-12-8-4-5-9-14(12)18-17(19(24)25-3)13(2)21-20-22-15-10-6-7-11-16(15)23(18)20/h4-11,18H,1-3H3,(H,21,22). The molecule has 0 saturated heterocycles. The lowest BCUT2D eigenvalue weighted by molar-refractivity contribution is -0.136. The molecule has 4 rings (SSSR count). The summed E-state index contributed by atoms with van der Waals surface area (Å²) in [5.41, 5.74) is 5.42. The number of allylic oxidation sites excluding steroid dienone is 1. The van der Waals surface area contributed by atoms with E-state index in [1.807, 2.05) is 43.3 Å². The number of hydrogen-bond acceptors (Lipinski definition) is 4. The summed E-state index contributed by atoms with van der Waals surface area (Å²) in [5, 5.41) is 3.26. The fourth-order valence-electron chi connectivity index (χ4n) is 3.53. The molecule has 3 aromatic rings. The molecule has 0 fully saturated rings. The Labute approximate surface area is 145 Å². The topological polar surface area (TPSA) is 56.1 Å². The molecule has 0 radical (unpaired) electrons. The molecule has 25 heavy (non-hydrogen) atoms. The highest BCUT2D eigenvalue weighted by Crippen LogP contribution is 2.40. The predicted molar refractivity (Wildman–Crippen MR) is 97.4 cm³/mol. The first-order valence-electron chi connectivity index (χ1n) is 8.20. The van der Waals surface area contributed by atoms with E-state index < -0.39 is 0 Å². The number of hydrogen-bond donors (Lipinski definition) is 1. The van der Waals surface area contributed by atoms with Crippen molar-refractivity contribution >= 4 is 23.0 Å². The average Bonchev–Trinajstić information content (AvgIpc) is 2.98. The van der Waals surface area contributed by atoms with Gasteiger partial charge < -0.3 is 10.1 Å². The number of esters is 1. The van der Waals surface area contributed by atoms with Gasteiger partial charge >= 0.3 is 5.97 Å². The number of nitrogens with one attached hydrogen (secondary N) is 1. The molecule has 126 valence electrons. The molecule has 0 bridgehead atoms. The van der Waals surface area contributed by atoms with Gasteiger partial charge in [-0.2, -0.15) is 0 Å². The molecular formula is C20H19N3O2. The zero-order chi connectivity index (χ0) is 17.6. The third-order valence-electron chi connectivity index (χ3n) is 4.72. The van der Waals surface area contributed by atoms with Crippen LogP contribution < -0.4 is 5.32 Å². The molecule has 1 unspecified atom stereocenters. The number of ether oxygens (including phenoxy) is 1. The minimum atomic E-state index is -0.332. The summed E-state index contributed by atoms with van der Waals surface area (Å²) in [5.74, 6) is 0.404. The number of carbonyl (C=O) groups excluding carboxylic acids is 1. The molecule has 1 aliphatic rings. The van der Waals surface area contributed by atoms with Gasteiger partial charge in [0.1, 0.15) is 0 Å². The van der Waals surface area contributed by atoms with Crippen molar-refractivity contribution in [3.05, 3.63) is 70.9 Å². The van der Waals surface area contributed by atoms with Crippen molar-refractivity contribution in [2.24, 2.45) is 0 Å². The largest absolute Gasteiger partial charge is 0.466 e. The van der Waals surface area contributed by atoms with E-state index in [0.29, 0.717) is 5.57 Å². The second-order valence-corrected chi connectivity index (χ2v) is 6.21. The van der Waals surface area contributed by atoms with E-state index in [4.69, 9.17) is 9.72 Å². The van der Waals surface area contributed by atoms with Crippen LogP contribution in [-0.4, -0.2) is 22.6 Å². The minimum Gasteiger partial charge on any atom is -0.466 e. The number of carbonyl (C=O) groups is 1. The van der Waals surface area contributed by atoms with Gasteiger partial charge in [0.15, 0.2) is 0 Å². The Bertz CT molecular complexity index is 1020. The van der Waals surface area contributed by atoms with Gasteiger partial charge in [0, 0.05) is 5.70 Å². The Hall–Kier alpha value is -3.08. The van der Waals surface area contributed by atoms with Crippen LogP contribution >= 0.6 is 0 Å². The Balaban J connectivity index is 2.05. The summed E-state index contributed by atoms with van der Waals surface area (Å²) in [4.78, 5) is 17.3. The number of para-hydroxylation sites is 2. The van der Waals surface area contributed by atoms with Gasteiger partial charge in [-0.1, -0.05) is 36.4 Å². The van der Waals surface area contributed by atoms with Gasteiger partial charge in [0.25, 0.3) is 0 Å². The molecular weight excluding hydrogens is 314 g/mol. The van der Waals surface area contributed by atoms with E-state index in [1.165, 1.54) is 7.11 Å². The number of aromatic nitrogens is 2. The van der Waals surface area contributed by atoms with Crippen LogP contribution in [0.15, 0.2) is 59.8 Å². The lowest BCUT2D eigenvalue weighted by Gasteiger charge is -2.30. The third kappa shape index (κ3) is 2.31. The maximum Gasteiger partial charge on any atom is 0.337 e. The van der Waals surface area contributed by atoms with Crippen molar-refractivity contribution in [3.8, 4) is 0 Å². The normalized spacial score (nSPS) is 16.5. The van der Waals surface area contributed by atoms with Crippen LogP contribution in [0.3, 0.4) is 0 Å². The number of anilines is 1. The molecule has 1 atom stereocenters. The van der Waals surface area contributed by atoms with Gasteiger partial charge in [-0.05, 0) is 37.1 Å². The molecule has 0 spiro atoms. The van der Waals surface area contributed by atoms with Crippen molar-refractivity contribution in [1.29, 1.82) is 0 Å². The lowest BCUT2D eigenvalue weighted by Crippen LogP contribution is -2.29. The highest BCUT2D eigenvalue weighted by Gasteiger charge is 2.35. The molecule has 5 heteroatoms. The van der Waals surface area contributed by atoms with Crippen LogP contribution in [0, 0.1) is 6.92 Å². The molecule has 0 saturated carbocycles. The lowest BCUT2D eigenvalue weighted by atomic mass is 9.92. The van der Waals surface area contributed by atoms with E-state index in [-0.39, 0.29) is 12.0 Å². The molecule has 0 amide bonds. The fourth-order valence-corrected chi connectivity index (χ4v) is 3.53. The van der Waals surface area contributed by atoms with Crippen LogP contribution in [0.5, 0.6) is 0 Å². The van der Waals surface area contributed by atoms with E-state index >= 15 is 0 Å². The number of aryl methyl sites for hydroxylation is 1. The van der Waals surface area contributed by atoms with Gasteiger partial charge in [0.2, 0.25) is 5.95 Å². The Morgan fingerprint density at radius 3 is 2.60 bits per heavy atom. The Kier molecular flexibility index (Phi) is 3.57. The highest BCUT2D eigenvalue weighted by atomic mass is 16.5. The van der Waals surface area contributed by atoms with E-state index in [0.717, 1.165) is 33.8 Å². The number of methoxy groups -OCH3 is 1. The van der Waals surface area contributed by atoms with Crippen molar-refractivity contribution in [1.82, 2.24) is 9.55 Å². The highest BCUT2D eigenvalue weighted by molar-refractivity contribution is 5.94. The Morgan fingerprint density at radius 2 is 1.84 bits per heavy atom. The quantitative estimate of drug-likeness (QED) is 0.725. The summed E-state index contributed by atoms with van der Waals surface area (Å²) in [6.45, 7) is 3.95. The zero-order valence-electron chi connectivity index (χ0n) is 14.4. The van der Waals surface area contributed by atoms with Gasteiger partial charge in [-0.3, -0.25) is 4.57 Å². The minimum absolute atomic E-state index is 0.280. The molecule has 1 N–H and O–H groups in total. The molecule has 1 aliphatic heterocycles. The van der Waals surface area contributed by atoms with E-state index in [9.17, 15) is 4.79 Å². The first-order chi connectivity index (χ1) is 12.1. The first kappa shape index (κ1) is 15.4. The molecule has 0 aliphatic carbocycles. The number of fused-ring (bicyclic) bond motifs is 3. The maximum absolute atomic E-state index is 12.6. The SMILES string of the molecule is COC(=O)C1=C(C)Nc2nc3ccccc3n2C1c1ccccc1C. The van der Waals surface area contributed by atoms with Crippen LogP contribution in [0.25, 0.3) is 11.0 Å². The van der Waals surface area contributed by atoms with Crippen molar-refractivity contribution in [2.75, 3.05) is 12.4 Å². The third-order valence-corrected chi connectivity index (χ3v) is 4.72. The predicted octanol–water partition coefficient (Wildman–Crippen LogP) is 3.81. The molecule has 2 heterocycles. The number of benzene rings is 2. The van der Waals surface area contributed by atoms with Crippen LogP contribution in [-0.2, 0) is 9.53 Å². The number of imidazole rings is 1. The molecule has 5 nitrogen and oxygen atoms in total. The van der Waals surface area contributed by atoms with E-state index in [2.05, 4.69) is 28.9 Å². The second-order valence-electron chi connectivity index (χ2n) is 6.21. The Morgan fingerprint density at radius 1 is 1.12 bits per heavy atom. The fraction of sp³-hybridized carbons (Fsp3) is 0.200. The van der Waals surface area contributed by atoms with Crippen molar-refractivity contribution in [2.45, 2.75) is 19.9 Å². The molecule has 1 aromatic heterocycles. The van der Waals surface area contributed by atoms with Crippen LogP contribution in [0.4, 0.5) is 5.95 Å². The summed E-state index contributed by atoms with van der Waals surface area (Å²) < 4.78 is 7.17. The van der Waals surface area contributed by atoms with Gasteiger partial charge in [-0.15, -0.1) is 0 Å². The van der Waals surface area contributed by atoms with Gasteiger partial charge in [0.05, 0.1) is 29.8 Å². The monoisotopic (exact) mass is 333 g/mol. The summed E-state index contributed by atoms with van der Waals surface area (Å²) in [6, 6.07) is 15.8. The summed E-state index contributed by atoms with van der Waals surface area (Å²) in [6.07, 6.45) is 0. The summed E-state index contributed by atoms with van der Waals surface area (Å²) >= 11 is 0. The second kappa shape index (κ2) is 5.77. The maximum atomic E-state index is 12.6. The van der Waals surface area contributed by atoms with Crippen LogP contribution in [0.2, 0.25) is 0 Å². The molecule has 2 aromatic carbocycles.